The van der Waals surface area contributed by atoms with Gasteiger partial charge >= 0.3 is 0 Å². The summed E-state index contributed by atoms with van der Waals surface area (Å²) in [6, 6.07) is 12.9. The first-order valence-corrected chi connectivity index (χ1v) is 10.8. The summed E-state index contributed by atoms with van der Waals surface area (Å²) < 4.78 is 21.1. The maximum Gasteiger partial charge on any atom is 0.218 e. The lowest BCUT2D eigenvalue weighted by molar-refractivity contribution is 0.541. The predicted molar refractivity (Wildman–Crippen MR) is 124 cm³/mol. The average Bonchev–Trinajstić information content (AvgIpc) is 3.48. The zero-order valence-corrected chi connectivity index (χ0v) is 18.2. The SMILES string of the molecule is Fc1cc(Cl)ccc1C=Cc1nc(CNc2ccc(CCCCn3ccnn3)cc2)co1. The molecule has 0 atom stereocenters. The first kappa shape index (κ1) is 21.8. The molecule has 6 nitrogen and oxygen atoms in total. The van der Waals surface area contributed by atoms with Crippen molar-refractivity contribution in [3.63, 3.8) is 0 Å². The molecule has 8 heteroatoms. The second-order valence-electron chi connectivity index (χ2n) is 7.35. The Bertz CT molecular complexity index is 1160. The van der Waals surface area contributed by atoms with Gasteiger partial charge in [-0.1, -0.05) is 35.0 Å². The topological polar surface area (TPSA) is 68.8 Å². The summed E-state index contributed by atoms with van der Waals surface area (Å²) in [4.78, 5) is 4.40. The van der Waals surface area contributed by atoms with Crippen LogP contribution < -0.4 is 5.32 Å². The molecule has 0 aliphatic rings. The third-order valence-electron chi connectivity index (χ3n) is 4.94. The lowest BCUT2D eigenvalue weighted by atomic mass is 10.1. The number of nitrogens with one attached hydrogen (secondary N) is 1. The van der Waals surface area contributed by atoms with E-state index in [1.165, 1.54) is 11.6 Å². The van der Waals surface area contributed by atoms with Gasteiger partial charge in [-0.3, -0.25) is 4.68 Å². The maximum atomic E-state index is 13.8. The van der Waals surface area contributed by atoms with Gasteiger partial charge in [0, 0.05) is 35.1 Å². The summed E-state index contributed by atoms with van der Waals surface area (Å²) in [5.74, 6) is 0.0261. The van der Waals surface area contributed by atoms with Gasteiger partial charge in [0.1, 0.15) is 12.1 Å². The van der Waals surface area contributed by atoms with Crippen LogP contribution in [0, 0.1) is 5.82 Å². The van der Waals surface area contributed by atoms with Crippen molar-refractivity contribution in [2.24, 2.45) is 0 Å². The van der Waals surface area contributed by atoms with Crippen LogP contribution in [0.4, 0.5) is 10.1 Å². The lowest BCUT2D eigenvalue weighted by Crippen LogP contribution is -2.00. The fraction of sp³-hybridized carbons (Fsp3) is 0.208. The second-order valence-corrected chi connectivity index (χ2v) is 7.79. The van der Waals surface area contributed by atoms with E-state index < -0.39 is 0 Å². The van der Waals surface area contributed by atoms with Crippen molar-refractivity contribution < 1.29 is 8.81 Å². The highest BCUT2D eigenvalue weighted by Crippen LogP contribution is 2.18. The van der Waals surface area contributed by atoms with Gasteiger partial charge in [-0.15, -0.1) is 5.10 Å². The van der Waals surface area contributed by atoms with Crippen molar-refractivity contribution in [3.05, 3.63) is 94.7 Å². The van der Waals surface area contributed by atoms with Crippen molar-refractivity contribution >= 4 is 29.4 Å². The molecule has 0 unspecified atom stereocenters. The Hall–Kier alpha value is -3.45. The minimum absolute atomic E-state index is 0.361. The average molecular weight is 452 g/mol. The highest BCUT2D eigenvalue weighted by molar-refractivity contribution is 6.30. The van der Waals surface area contributed by atoms with E-state index >= 15 is 0 Å². The zero-order chi connectivity index (χ0) is 22.2. The van der Waals surface area contributed by atoms with E-state index in [0.29, 0.717) is 23.0 Å². The van der Waals surface area contributed by atoms with Crippen LogP contribution in [0.5, 0.6) is 0 Å². The number of unbranched alkanes of at least 4 members (excludes halogenated alkanes) is 1. The van der Waals surface area contributed by atoms with Crippen molar-refractivity contribution in [3.8, 4) is 0 Å². The summed E-state index contributed by atoms with van der Waals surface area (Å²) >= 11 is 5.77. The maximum absolute atomic E-state index is 13.8. The number of aryl methyl sites for hydroxylation is 2. The fourth-order valence-electron chi connectivity index (χ4n) is 3.21. The molecule has 32 heavy (non-hydrogen) atoms. The minimum Gasteiger partial charge on any atom is -0.445 e. The third-order valence-corrected chi connectivity index (χ3v) is 5.17. The minimum atomic E-state index is -0.388. The lowest BCUT2D eigenvalue weighted by Gasteiger charge is -2.06. The molecule has 0 amide bonds. The molecule has 0 saturated heterocycles. The van der Waals surface area contributed by atoms with Crippen LogP contribution in [0.15, 0.2) is 65.5 Å². The third kappa shape index (κ3) is 6.28. The molecule has 1 N–H and O–H groups in total. The molecule has 164 valence electrons. The number of hydrogen-bond acceptors (Lipinski definition) is 5. The fourth-order valence-corrected chi connectivity index (χ4v) is 3.37. The number of hydrogen-bond donors (Lipinski definition) is 1. The van der Waals surface area contributed by atoms with Gasteiger partial charge in [-0.2, -0.15) is 0 Å². The van der Waals surface area contributed by atoms with Crippen LogP contribution in [-0.2, 0) is 19.5 Å². The largest absolute Gasteiger partial charge is 0.445 e. The Morgan fingerprint density at radius 3 is 2.75 bits per heavy atom. The first-order chi connectivity index (χ1) is 15.7. The van der Waals surface area contributed by atoms with Gasteiger partial charge in [-0.05, 0) is 55.2 Å². The molecule has 2 aromatic heterocycles. The first-order valence-electron chi connectivity index (χ1n) is 10.4. The zero-order valence-electron chi connectivity index (χ0n) is 17.4. The number of aromatic nitrogens is 4. The van der Waals surface area contributed by atoms with Gasteiger partial charge in [-0.25, -0.2) is 9.37 Å². The number of rotatable bonds is 10. The molecule has 0 fully saturated rings. The van der Waals surface area contributed by atoms with Gasteiger partial charge in [0.2, 0.25) is 5.89 Å². The van der Waals surface area contributed by atoms with Crippen LogP contribution >= 0.6 is 11.6 Å². The number of benzene rings is 2. The van der Waals surface area contributed by atoms with E-state index in [-0.39, 0.29) is 5.82 Å². The van der Waals surface area contributed by atoms with E-state index in [1.54, 1.807) is 36.7 Å². The van der Waals surface area contributed by atoms with Gasteiger partial charge in [0.25, 0.3) is 0 Å². The Labute approximate surface area is 190 Å². The van der Waals surface area contributed by atoms with Crippen molar-refractivity contribution in [1.29, 1.82) is 0 Å². The van der Waals surface area contributed by atoms with Crippen molar-refractivity contribution in [2.45, 2.75) is 32.4 Å². The normalized spacial score (nSPS) is 11.3. The molecule has 0 saturated carbocycles. The Morgan fingerprint density at radius 1 is 1.09 bits per heavy atom. The second kappa shape index (κ2) is 10.7. The molecule has 0 radical (unpaired) electrons. The number of anilines is 1. The van der Waals surface area contributed by atoms with Gasteiger partial charge < -0.3 is 9.73 Å². The summed E-state index contributed by atoms with van der Waals surface area (Å²) in [6.07, 6.45) is 11.6. The number of oxazole rings is 1. The molecule has 2 heterocycles. The van der Waals surface area contributed by atoms with Crippen LogP contribution in [0.1, 0.15) is 35.6 Å². The Balaban J connectivity index is 1.22. The van der Waals surface area contributed by atoms with Crippen molar-refractivity contribution in [2.75, 3.05) is 5.32 Å². The molecule has 4 rings (SSSR count). The monoisotopic (exact) mass is 451 g/mol. The predicted octanol–water partition coefficient (Wildman–Crippen LogP) is 5.86. The van der Waals surface area contributed by atoms with Crippen LogP contribution in [0.3, 0.4) is 0 Å². The Morgan fingerprint density at radius 2 is 1.97 bits per heavy atom. The van der Waals surface area contributed by atoms with E-state index in [1.807, 2.05) is 10.9 Å². The Kier molecular flexibility index (Phi) is 7.30. The van der Waals surface area contributed by atoms with E-state index in [0.717, 1.165) is 37.2 Å². The number of nitrogens with zero attached hydrogens (tertiary/aromatic N) is 4. The van der Waals surface area contributed by atoms with Crippen LogP contribution in [-0.4, -0.2) is 20.0 Å². The summed E-state index contributed by atoms with van der Waals surface area (Å²) in [5, 5.41) is 11.5. The summed E-state index contributed by atoms with van der Waals surface area (Å²) in [7, 11) is 0. The highest BCUT2D eigenvalue weighted by Gasteiger charge is 2.04. The molecular weight excluding hydrogens is 429 g/mol. The molecule has 2 aromatic carbocycles. The van der Waals surface area contributed by atoms with E-state index in [9.17, 15) is 4.39 Å². The smallest absolute Gasteiger partial charge is 0.218 e. The molecule has 4 aromatic rings. The van der Waals surface area contributed by atoms with Gasteiger partial charge in [0.05, 0.1) is 18.4 Å². The summed E-state index contributed by atoms with van der Waals surface area (Å²) in [5.41, 5.74) is 3.50. The number of halogens is 2. The molecular formula is C24H23ClFN5O. The van der Waals surface area contributed by atoms with Gasteiger partial charge in [0.15, 0.2) is 0 Å². The van der Waals surface area contributed by atoms with E-state index in [2.05, 4.69) is 44.9 Å². The quantitative estimate of drug-likeness (QED) is 0.306. The van der Waals surface area contributed by atoms with Crippen molar-refractivity contribution in [1.82, 2.24) is 20.0 Å². The van der Waals surface area contributed by atoms with Crippen LogP contribution in [0.25, 0.3) is 12.2 Å². The highest BCUT2D eigenvalue weighted by atomic mass is 35.5. The van der Waals surface area contributed by atoms with Crippen LogP contribution in [0.2, 0.25) is 5.02 Å². The van der Waals surface area contributed by atoms with E-state index in [4.69, 9.17) is 16.0 Å². The molecule has 0 bridgehead atoms. The molecule has 0 aliphatic carbocycles. The molecule has 0 aliphatic heterocycles. The summed E-state index contributed by atoms with van der Waals surface area (Å²) in [6.45, 7) is 1.42. The standard InChI is InChI=1S/C24H23ClFN5O/c25-20-8-6-19(23(26)15-20)7-11-24-29-22(17-32-24)16-27-21-9-4-18(5-10-21)3-1-2-13-31-14-12-28-30-31/h4-12,14-15,17,27H,1-3,13,16H2. The molecule has 0 spiro atoms.